The topological polar surface area (TPSA) is 94.6 Å². The summed E-state index contributed by atoms with van der Waals surface area (Å²) >= 11 is 0. The highest BCUT2D eigenvalue weighted by molar-refractivity contribution is 5.99. The summed E-state index contributed by atoms with van der Waals surface area (Å²) in [6, 6.07) is 8.00. The van der Waals surface area contributed by atoms with E-state index in [0.29, 0.717) is 5.71 Å². The fourth-order valence-electron chi connectivity index (χ4n) is 2.19. The van der Waals surface area contributed by atoms with Gasteiger partial charge in [-0.3, -0.25) is 0 Å². The SMILES string of the molecule is CCCC#Cc1ccc(-n2ncc(/C(C)=N\N=C(N)N)c2C)cc1. The van der Waals surface area contributed by atoms with Crippen LogP contribution in [0.1, 0.15) is 43.5 Å². The second-order valence-electron chi connectivity index (χ2n) is 5.36. The van der Waals surface area contributed by atoms with Crippen LogP contribution in [0, 0.1) is 18.8 Å². The summed E-state index contributed by atoms with van der Waals surface area (Å²) in [4.78, 5) is 0. The van der Waals surface area contributed by atoms with Crippen molar-refractivity contribution < 1.29 is 0 Å². The van der Waals surface area contributed by atoms with E-state index in [4.69, 9.17) is 11.5 Å². The molecule has 0 spiro atoms. The van der Waals surface area contributed by atoms with Gasteiger partial charge in [-0.2, -0.15) is 10.2 Å². The van der Waals surface area contributed by atoms with Crippen LogP contribution in [0.5, 0.6) is 0 Å². The van der Waals surface area contributed by atoms with Crippen molar-refractivity contribution in [3.05, 3.63) is 47.3 Å². The van der Waals surface area contributed by atoms with Crippen molar-refractivity contribution in [1.29, 1.82) is 0 Å². The summed E-state index contributed by atoms with van der Waals surface area (Å²) in [5.74, 6) is 6.23. The van der Waals surface area contributed by atoms with Crippen LogP contribution in [0.4, 0.5) is 0 Å². The second kappa shape index (κ2) is 7.97. The van der Waals surface area contributed by atoms with Gasteiger partial charge < -0.3 is 11.5 Å². The molecule has 0 saturated carbocycles. The highest BCUT2D eigenvalue weighted by Crippen LogP contribution is 2.15. The Hall–Kier alpha value is -3.07. The van der Waals surface area contributed by atoms with Crippen molar-refractivity contribution in [1.82, 2.24) is 9.78 Å². The van der Waals surface area contributed by atoms with E-state index in [-0.39, 0.29) is 5.96 Å². The lowest BCUT2D eigenvalue weighted by atomic mass is 10.1. The Balaban J connectivity index is 2.27. The van der Waals surface area contributed by atoms with Crippen molar-refractivity contribution in [2.24, 2.45) is 21.7 Å². The summed E-state index contributed by atoms with van der Waals surface area (Å²) in [7, 11) is 0. The molecule has 1 aromatic carbocycles. The molecule has 0 aliphatic heterocycles. The number of unbranched alkanes of at least 4 members (excludes halogenated alkanes) is 1. The van der Waals surface area contributed by atoms with Crippen LogP contribution in [0.3, 0.4) is 0 Å². The summed E-state index contributed by atoms with van der Waals surface area (Å²) in [6.45, 7) is 5.94. The maximum Gasteiger partial charge on any atom is 0.211 e. The van der Waals surface area contributed by atoms with E-state index in [0.717, 1.165) is 35.3 Å². The zero-order chi connectivity index (χ0) is 17.5. The Morgan fingerprint density at radius 2 is 1.92 bits per heavy atom. The van der Waals surface area contributed by atoms with Gasteiger partial charge in [-0.15, -0.1) is 5.10 Å². The molecule has 0 fully saturated rings. The summed E-state index contributed by atoms with van der Waals surface area (Å²) in [5, 5.41) is 12.1. The number of benzene rings is 1. The minimum Gasteiger partial charge on any atom is -0.369 e. The molecule has 6 heteroatoms. The normalized spacial score (nSPS) is 10.9. The number of aromatic nitrogens is 2. The third kappa shape index (κ3) is 4.23. The Labute approximate surface area is 142 Å². The van der Waals surface area contributed by atoms with E-state index >= 15 is 0 Å². The van der Waals surface area contributed by atoms with E-state index in [1.807, 2.05) is 42.8 Å². The Morgan fingerprint density at radius 1 is 1.21 bits per heavy atom. The highest BCUT2D eigenvalue weighted by atomic mass is 15.3. The van der Waals surface area contributed by atoms with Gasteiger partial charge in [-0.1, -0.05) is 18.8 Å². The predicted octanol–water partition coefficient (Wildman–Crippen LogP) is 2.33. The number of hydrogen-bond donors (Lipinski definition) is 2. The molecule has 2 aromatic rings. The van der Waals surface area contributed by atoms with Crippen molar-refractivity contribution >= 4 is 11.7 Å². The molecule has 0 aliphatic carbocycles. The van der Waals surface area contributed by atoms with Crippen LogP contribution in [-0.2, 0) is 0 Å². The lowest BCUT2D eigenvalue weighted by molar-refractivity contribution is 0.846. The van der Waals surface area contributed by atoms with Crippen LogP contribution in [0.15, 0.2) is 40.7 Å². The largest absolute Gasteiger partial charge is 0.369 e. The molecule has 0 aliphatic rings. The fourth-order valence-corrected chi connectivity index (χ4v) is 2.19. The molecule has 1 heterocycles. The molecule has 0 unspecified atom stereocenters. The standard InChI is InChI=1S/C18H22N6/c1-4-5-6-7-15-8-10-16(11-9-15)24-14(3)17(12-21-24)13(2)22-23-18(19)20/h8-12H,4-5H2,1-3H3,(H4,19,20,23)/b22-13-. The Bertz CT molecular complexity index is 811. The third-order valence-corrected chi connectivity index (χ3v) is 3.43. The van der Waals surface area contributed by atoms with Gasteiger partial charge in [-0.25, -0.2) is 4.68 Å². The molecular formula is C18H22N6. The van der Waals surface area contributed by atoms with Crippen molar-refractivity contribution in [3.8, 4) is 17.5 Å². The molecule has 0 amide bonds. The van der Waals surface area contributed by atoms with Crippen molar-refractivity contribution in [2.45, 2.75) is 33.6 Å². The molecule has 6 nitrogen and oxygen atoms in total. The van der Waals surface area contributed by atoms with Crippen molar-refractivity contribution in [2.75, 3.05) is 0 Å². The first-order chi connectivity index (χ1) is 11.5. The average molecular weight is 322 g/mol. The monoisotopic (exact) mass is 322 g/mol. The highest BCUT2D eigenvalue weighted by Gasteiger charge is 2.10. The van der Waals surface area contributed by atoms with E-state index in [1.54, 1.807) is 6.20 Å². The quantitative estimate of drug-likeness (QED) is 0.391. The lowest BCUT2D eigenvalue weighted by Gasteiger charge is -2.05. The van der Waals surface area contributed by atoms with Gasteiger partial charge in [0.1, 0.15) is 0 Å². The van der Waals surface area contributed by atoms with Gasteiger partial charge in [0, 0.05) is 17.5 Å². The molecule has 0 saturated heterocycles. The molecule has 4 N–H and O–H groups in total. The fraction of sp³-hybridized carbons (Fsp3) is 0.278. The van der Waals surface area contributed by atoms with Crippen LogP contribution in [0.25, 0.3) is 5.69 Å². The molecule has 0 radical (unpaired) electrons. The van der Waals surface area contributed by atoms with E-state index in [9.17, 15) is 0 Å². The molecule has 0 atom stereocenters. The van der Waals surface area contributed by atoms with Gasteiger partial charge in [0.05, 0.1) is 23.3 Å². The van der Waals surface area contributed by atoms with Gasteiger partial charge in [0.25, 0.3) is 0 Å². The molecular weight excluding hydrogens is 300 g/mol. The summed E-state index contributed by atoms with van der Waals surface area (Å²) in [5.41, 5.74) is 15.1. The van der Waals surface area contributed by atoms with Crippen molar-refractivity contribution in [3.63, 3.8) is 0 Å². The molecule has 0 bridgehead atoms. The zero-order valence-corrected chi connectivity index (χ0v) is 14.2. The first kappa shape index (κ1) is 17.3. The molecule has 2 rings (SSSR count). The van der Waals surface area contributed by atoms with Crippen LogP contribution in [0.2, 0.25) is 0 Å². The average Bonchev–Trinajstić information content (AvgIpc) is 2.95. The predicted molar refractivity (Wildman–Crippen MR) is 98.1 cm³/mol. The number of guanidine groups is 1. The van der Waals surface area contributed by atoms with Crippen LogP contribution < -0.4 is 11.5 Å². The summed E-state index contributed by atoms with van der Waals surface area (Å²) in [6.07, 6.45) is 3.74. The molecule has 1 aromatic heterocycles. The molecule has 24 heavy (non-hydrogen) atoms. The van der Waals surface area contributed by atoms with Gasteiger partial charge in [0.2, 0.25) is 5.96 Å². The Kier molecular flexibility index (Phi) is 5.74. The minimum absolute atomic E-state index is 0.0702. The van der Waals surface area contributed by atoms with Crippen LogP contribution in [-0.4, -0.2) is 21.5 Å². The summed E-state index contributed by atoms with van der Waals surface area (Å²) < 4.78 is 1.85. The minimum atomic E-state index is -0.0702. The van der Waals surface area contributed by atoms with E-state index < -0.39 is 0 Å². The number of hydrogen-bond acceptors (Lipinski definition) is 3. The first-order valence-electron chi connectivity index (χ1n) is 7.80. The van der Waals surface area contributed by atoms with Crippen LogP contribution >= 0.6 is 0 Å². The third-order valence-electron chi connectivity index (χ3n) is 3.43. The number of nitrogens with two attached hydrogens (primary N) is 2. The second-order valence-corrected chi connectivity index (χ2v) is 5.36. The van der Waals surface area contributed by atoms with E-state index in [2.05, 4.69) is 34.1 Å². The maximum atomic E-state index is 5.30. The molecule has 124 valence electrons. The van der Waals surface area contributed by atoms with Gasteiger partial charge in [-0.05, 0) is 44.5 Å². The van der Waals surface area contributed by atoms with Gasteiger partial charge in [0.15, 0.2) is 0 Å². The maximum absolute atomic E-state index is 5.30. The van der Waals surface area contributed by atoms with E-state index in [1.165, 1.54) is 0 Å². The number of rotatable bonds is 4. The smallest absolute Gasteiger partial charge is 0.211 e. The zero-order valence-electron chi connectivity index (χ0n) is 14.2. The first-order valence-corrected chi connectivity index (χ1v) is 7.80. The Morgan fingerprint density at radius 3 is 2.54 bits per heavy atom. The number of nitrogens with zero attached hydrogens (tertiary/aromatic N) is 4. The van der Waals surface area contributed by atoms with Gasteiger partial charge >= 0.3 is 0 Å². The lowest BCUT2D eigenvalue weighted by Crippen LogP contribution is -2.22.